The average Bonchev–Trinajstić information content (AvgIpc) is 3.38. The Morgan fingerprint density at radius 2 is 2.08 bits per heavy atom. The topological polar surface area (TPSA) is 74.7 Å². The molecule has 4 heterocycles. The van der Waals surface area contributed by atoms with Gasteiger partial charge in [0.15, 0.2) is 11.5 Å². The van der Waals surface area contributed by atoms with Gasteiger partial charge in [0.05, 0.1) is 5.69 Å². The molecule has 0 fully saturated rings. The Bertz CT molecular complexity index is 1100. The molecule has 0 bridgehead atoms. The summed E-state index contributed by atoms with van der Waals surface area (Å²) in [6.07, 6.45) is 4.01. The van der Waals surface area contributed by atoms with Crippen LogP contribution in [-0.2, 0) is 5.75 Å². The summed E-state index contributed by atoms with van der Waals surface area (Å²) < 4.78 is 18.5. The van der Waals surface area contributed by atoms with E-state index in [0.717, 1.165) is 28.2 Å². The lowest BCUT2D eigenvalue weighted by Gasteiger charge is -1.97. The molecule has 1 aromatic carbocycles. The number of pyridine rings is 1. The van der Waals surface area contributed by atoms with E-state index in [1.807, 2.05) is 41.1 Å². The van der Waals surface area contributed by atoms with Crippen molar-refractivity contribution in [1.29, 1.82) is 0 Å². The van der Waals surface area contributed by atoms with Crippen molar-refractivity contribution in [3.8, 4) is 23.0 Å². The lowest BCUT2D eigenvalue weighted by atomic mass is 10.2. The zero-order chi connectivity index (χ0) is 17.5. The monoisotopic (exact) mass is 366 g/mol. The molecular weight excluding hydrogens is 352 g/mol. The second-order valence-electron chi connectivity index (χ2n) is 5.88. The van der Waals surface area contributed by atoms with E-state index in [0.29, 0.717) is 22.6 Å². The quantitative estimate of drug-likeness (QED) is 0.510. The van der Waals surface area contributed by atoms with E-state index < -0.39 is 0 Å². The molecule has 1 aliphatic heterocycles. The van der Waals surface area contributed by atoms with Gasteiger partial charge in [0.1, 0.15) is 5.65 Å². The molecule has 26 heavy (non-hydrogen) atoms. The molecule has 7 nitrogen and oxygen atoms in total. The number of rotatable bonds is 4. The van der Waals surface area contributed by atoms with E-state index in [2.05, 4.69) is 28.2 Å². The lowest BCUT2D eigenvalue weighted by Crippen LogP contribution is -1.92. The van der Waals surface area contributed by atoms with Crippen LogP contribution in [0.5, 0.6) is 11.5 Å². The fourth-order valence-electron chi connectivity index (χ4n) is 2.82. The van der Waals surface area contributed by atoms with Crippen LogP contribution in [0.2, 0.25) is 0 Å². The first-order chi connectivity index (χ1) is 12.8. The van der Waals surface area contributed by atoms with Crippen LogP contribution in [0.4, 0.5) is 0 Å². The van der Waals surface area contributed by atoms with E-state index in [-0.39, 0.29) is 6.79 Å². The maximum Gasteiger partial charge on any atom is 0.277 e. The lowest BCUT2D eigenvalue weighted by molar-refractivity contribution is 0.174. The highest BCUT2D eigenvalue weighted by Gasteiger charge is 2.17. The largest absolute Gasteiger partial charge is 0.454 e. The number of aromatic nitrogens is 4. The third kappa shape index (κ3) is 2.68. The summed E-state index contributed by atoms with van der Waals surface area (Å²) in [7, 11) is 0. The highest BCUT2D eigenvalue weighted by molar-refractivity contribution is 7.98. The number of fused-ring (bicyclic) bond motifs is 2. The molecule has 0 N–H and O–H groups in total. The van der Waals surface area contributed by atoms with Crippen molar-refractivity contribution in [2.45, 2.75) is 17.9 Å². The van der Waals surface area contributed by atoms with Crippen LogP contribution in [0.3, 0.4) is 0 Å². The van der Waals surface area contributed by atoms with Gasteiger partial charge >= 0.3 is 0 Å². The summed E-state index contributed by atoms with van der Waals surface area (Å²) in [6.45, 7) is 2.29. The van der Waals surface area contributed by atoms with Crippen molar-refractivity contribution < 1.29 is 13.9 Å². The van der Waals surface area contributed by atoms with Crippen molar-refractivity contribution in [1.82, 2.24) is 19.6 Å². The van der Waals surface area contributed by atoms with Crippen molar-refractivity contribution >= 4 is 17.4 Å². The first kappa shape index (κ1) is 15.3. The minimum atomic E-state index is 0.238. The second-order valence-corrected chi connectivity index (χ2v) is 6.81. The predicted molar refractivity (Wildman–Crippen MR) is 95.3 cm³/mol. The first-order valence-electron chi connectivity index (χ1n) is 8.06. The number of hydrogen-bond acceptors (Lipinski definition) is 7. The molecule has 5 rings (SSSR count). The molecule has 0 saturated heterocycles. The third-order valence-electron chi connectivity index (χ3n) is 4.10. The number of hydrogen-bond donors (Lipinski definition) is 0. The van der Waals surface area contributed by atoms with Gasteiger partial charge < -0.3 is 18.3 Å². The molecule has 0 radical (unpaired) electrons. The molecule has 3 aromatic heterocycles. The normalized spacial score (nSPS) is 12.8. The molecule has 4 aromatic rings. The van der Waals surface area contributed by atoms with Gasteiger partial charge in [-0.1, -0.05) is 17.8 Å². The van der Waals surface area contributed by atoms with E-state index in [1.165, 1.54) is 11.8 Å². The number of benzene rings is 1. The van der Waals surface area contributed by atoms with Crippen molar-refractivity contribution in [3.05, 3.63) is 54.0 Å². The molecule has 130 valence electrons. The van der Waals surface area contributed by atoms with Crippen molar-refractivity contribution in [3.63, 3.8) is 0 Å². The second kappa shape index (κ2) is 6.06. The van der Waals surface area contributed by atoms with Gasteiger partial charge in [-0.15, -0.1) is 10.2 Å². The third-order valence-corrected chi connectivity index (χ3v) is 4.95. The SMILES string of the molecule is Cc1cccn2cc(CSc3nnc(-c4ccc5c(c4)OCO5)o3)nc12. The van der Waals surface area contributed by atoms with Gasteiger partial charge in [-0.05, 0) is 36.8 Å². The van der Waals surface area contributed by atoms with Crippen molar-refractivity contribution in [2.75, 3.05) is 6.79 Å². The summed E-state index contributed by atoms with van der Waals surface area (Å²) in [4.78, 5) is 4.65. The highest BCUT2D eigenvalue weighted by Crippen LogP contribution is 2.36. The smallest absolute Gasteiger partial charge is 0.277 e. The van der Waals surface area contributed by atoms with Gasteiger partial charge in [0.25, 0.3) is 5.22 Å². The van der Waals surface area contributed by atoms with Crippen LogP contribution < -0.4 is 9.47 Å². The van der Waals surface area contributed by atoms with Crippen LogP contribution in [0.15, 0.2) is 52.4 Å². The van der Waals surface area contributed by atoms with Crippen LogP contribution >= 0.6 is 11.8 Å². The molecule has 1 aliphatic rings. The molecular formula is C18H14N4O3S. The Morgan fingerprint density at radius 3 is 3.00 bits per heavy atom. The Morgan fingerprint density at radius 1 is 1.15 bits per heavy atom. The Hall–Kier alpha value is -3.00. The average molecular weight is 366 g/mol. The van der Waals surface area contributed by atoms with E-state index in [1.54, 1.807) is 0 Å². The van der Waals surface area contributed by atoms with E-state index >= 15 is 0 Å². The fraction of sp³-hybridized carbons (Fsp3) is 0.167. The molecule has 8 heteroatoms. The fourth-order valence-corrected chi connectivity index (χ4v) is 3.47. The Balaban J connectivity index is 1.33. The number of ether oxygens (including phenoxy) is 2. The molecule has 0 saturated carbocycles. The van der Waals surface area contributed by atoms with Crippen LogP contribution in [-0.4, -0.2) is 26.4 Å². The zero-order valence-electron chi connectivity index (χ0n) is 13.9. The molecule has 0 aliphatic carbocycles. The molecule has 0 unspecified atom stereocenters. The summed E-state index contributed by atoms with van der Waals surface area (Å²) in [5.41, 5.74) is 3.88. The molecule has 0 amide bonds. The highest BCUT2D eigenvalue weighted by atomic mass is 32.2. The van der Waals surface area contributed by atoms with Crippen molar-refractivity contribution in [2.24, 2.45) is 0 Å². The molecule has 0 atom stereocenters. The Labute approximate surface area is 153 Å². The standard InChI is InChI=1S/C18H14N4O3S/c1-11-3-2-6-22-8-13(19-16(11)22)9-26-18-21-20-17(25-18)12-4-5-14-15(7-12)24-10-23-14/h2-8H,9-10H2,1H3. The minimum absolute atomic E-state index is 0.238. The summed E-state index contributed by atoms with van der Waals surface area (Å²) >= 11 is 1.46. The van der Waals surface area contributed by atoms with Crippen LogP contribution in [0.1, 0.15) is 11.3 Å². The van der Waals surface area contributed by atoms with Gasteiger partial charge in [-0.2, -0.15) is 0 Å². The Kier molecular flexibility index (Phi) is 3.56. The minimum Gasteiger partial charge on any atom is -0.454 e. The summed E-state index contributed by atoms with van der Waals surface area (Å²) in [5.74, 6) is 2.53. The number of thioether (sulfide) groups is 1. The molecule has 0 spiro atoms. The number of imidazole rings is 1. The summed E-state index contributed by atoms with van der Waals surface area (Å²) in [6, 6.07) is 9.62. The van der Waals surface area contributed by atoms with Crippen LogP contribution in [0, 0.1) is 6.92 Å². The zero-order valence-corrected chi connectivity index (χ0v) is 14.7. The number of nitrogens with zero attached hydrogens (tertiary/aromatic N) is 4. The van der Waals surface area contributed by atoms with Crippen LogP contribution in [0.25, 0.3) is 17.1 Å². The van der Waals surface area contributed by atoms with Gasteiger partial charge in [0.2, 0.25) is 12.7 Å². The van der Waals surface area contributed by atoms with Gasteiger partial charge in [0, 0.05) is 23.7 Å². The maximum atomic E-state index is 5.76. The van der Waals surface area contributed by atoms with Gasteiger partial charge in [-0.25, -0.2) is 4.98 Å². The number of aryl methyl sites for hydroxylation is 1. The van der Waals surface area contributed by atoms with Gasteiger partial charge in [-0.3, -0.25) is 0 Å². The predicted octanol–water partition coefficient (Wildman–Crippen LogP) is 3.71. The first-order valence-corrected chi connectivity index (χ1v) is 9.04. The maximum absolute atomic E-state index is 5.76. The van der Waals surface area contributed by atoms with E-state index in [9.17, 15) is 0 Å². The van der Waals surface area contributed by atoms with E-state index in [4.69, 9.17) is 13.9 Å². The summed E-state index contributed by atoms with van der Waals surface area (Å²) in [5, 5.41) is 8.74.